The predicted molar refractivity (Wildman–Crippen MR) is 86.5 cm³/mol. The van der Waals surface area contributed by atoms with Crippen molar-refractivity contribution in [3.8, 4) is 0 Å². The van der Waals surface area contributed by atoms with Crippen molar-refractivity contribution in [3.63, 3.8) is 0 Å². The van der Waals surface area contributed by atoms with Gasteiger partial charge in [-0.3, -0.25) is 9.59 Å². The summed E-state index contributed by atoms with van der Waals surface area (Å²) in [6, 6.07) is 9.80. The molecule has 2 fully saturated rings. The fourth-order valence-corrected chi connectivity index (χ4v) is 3.26. The largest absolute Gasteiger partial charge is 0.342 e. The van der Waals surface area contributed by atoms with Crippen molar-refractivity contribution in [3.05, 3.63) is 30.3 Å². The van der Waals surface area contributed by atoms with Crippen LogP contribution in [-0.2, 0) is 9.59 Å². The Morgan fingerprint density at radius 3 is 2.50 bits per heavy atom. The first kappa shape index (κ1) is 15.1. The lowest BCUT2D eigenvalue weighted by molar-refractivity contribution is -0.136. The van der Waals surface area contributed by atoms with Crippen LogP contribution in [0.5, 0.6) is 0 Å². The summed E-state index contributed by atoms with van der Waals surface area (Å²) in [7, 11) is 0. The lowest BCUT2D eigenvalue weighted by atomic mass is 9.95. The molecule has 1 aromatic carbocycles. The van der Waals surface area contributed by atoms with Gasteiger partial charge in [-0.2, -0.15) is 0 Å². The van der Waals surface area contributed by atoms with Crippen LogP contribution >= 0.6 is 0 Å². The van der Waals surface area contributed by atoms with Crippen molar-refractivity contribution < 1.29 is 9.59 Å². The molecule has 4 heteroatoms. The molecule has 0 unspecified atom stereocenters. The summed E-state index contributed by atoms with van der Waals surface area (Å²) in [6.07, 6.45) is 3.87. The maximum Gasteiger partial charge on any atom is 0.231 e. The number of para-hydroxylation sites is 1. The predicted octanol–water partition coefficient (Wildman–Crippen LogP) is 2.69. The van der Waals surface area contributed by atoms with Crippen molar-refractivity contribution in [2.24, 2.45) is 11.8 Å². The molecule has 3 rings (SSSR count). The molecule has 2 aliphatic rings. The van der Waals surface area contributed by atoms with Crippen LogP contribution in [0.2, 0.25) is 0 Å². The minimum atomic E-state index is -0.0587. The second-order valence-corrected chi connectivity index (χ2v) is 6.32. The smallest absolute Gasteiger partial charge is 0.231 e. The molecule has 1 heterocycles. The number of hydrogen-bond acceptors (Lipinski definition) is 2. The monoisotopic (exact) mass is 300 g/mol. The third-order valence-electron chi connectivity index (χ3n) is 4.66. The Balaban J connectivity index is 1.68. The zero-order valence-corrected chi connectivity index (χ0v) is 13.2. The van der Waals surface area contributed by atoms with E-state index in [1.165, 1.54) is 0 Å². The summed E-state index contributed by atoms with van der Waals surface area (Å²) < 4.78 is 0. The number of piperidine rings is 1. The first-order valence-electron chi connectivity index (χ1n) is 8.36. The lowest BCUT2D eigenvalue weighted by Gasteiger charge is -2.35. The van der Waals surface area contributed by atoms with E-state index in [0.717, 1.165) is 37.9 Å². The number of likely N-dealkylation sites (tertiary alicyclic amines) is 1. The zero-order chi connectivity index (χ0) is 15.5. The molecule has 2 amide bonds. The first-order chi connectivity index (χ1) is 10.7. The van der Waals surface area contributed by atoms with Crippen LogP contribution in [0.25, 0.3) is 0 Å². The number of amides is 2. The summed E-state index contributed by atoms with van der Waals surface area (Å²) in [5.74, 6) is 0.601. The fourth-order valence-electron chi connectivity index (χ4n) is 3.26. The summed E-state index contributed by atoms with van der Waals surface area (Å²) in [4.78, 5) is 28.9. The molecule has 1 saturated heterocycles. The van der Waals surface area contributed by atoms with Gasteiger partial charge in [0.1, 0.15) is 0 Å². The molecule has 118 valence electrons. The Morgan fingerprint density at radius 2 is 1.86 bits per heavy atom. The highest BCUT2D eigenvalue weighted by Crippen LogP contribution is 2.33. The van der Waals surface area contributed by atoms with Crippen LogP contribution in [-0.4, -0.2) is 36.3 Å². The van der Waals surface area contributed by atoms with Crippen LogP contribution in [0.15, 0.2) is 30.3 Å². The van der Waals surface area contributed by atoms with E-state index >= 15 is 0 Å². The molecule has 1 saturated carbocycles. The Kier molecular flexibility index (Phi) is 4.46. The highest BCUT2D eigenvalue weighted by atomic mass is 16.2. The van der Waals surface area contributed by atoms with Gasteiger partial charge in [-0.25, -0.2) is 0 Å². The molecule has 1 atom stereocenters. The summed E-state index contributed by atoms with van der Waals surface area (Å²) in [5, 5.41) is 0. The van der Waals surface area contributed by atoms with Crippen LogP contribution in [0.4, 0.5) is 5.69 Å². The molecular formula is C18H24N2O2. The minimum Gasteiger partial charge on any atom is -0.342 e. The van der Waals surface area contributed by atoms with E-state index in [-0.39, 0.29) is 23.7 Å². The summed E-state index contributed by atoms with van der Waals surface area (Å²) >= 11 is 0. The van der Waals surface area contributed by atoms with E-state index in [4.69, 9.17) is 0 Å². The van der Waals surface area contributed by atoms with E-state index < -0.39 is 0 Å². The molecule has 4 nitrogen and oxygen atoms in total. The van der Waals surface area contributed by atoms with Gasteiger partial charge in [0.25, 0.3) is 0 Å². The highest BCUT2D eigenvalue weighted by molar-refractivity contribution is 5.95. The summed E-state index contributed by atoms with van der Waals surface area (Å²) in [5.41, 5.74) is 0.945. The molecule has 0 bridgehead atoms. The number of carbonyl (C=O) groups is 2. The Bertz CT molecular complexity index is 539. The maximum absolute atomic E-state index is 12.9. The Hall–Kier alpha value is -1.84. The van der Waals surface area contributed by atoms with E-state index in [2.05, 4.69) is 0 Å². The molecule has 22 heavy (non-hydrogen) atoms. The van der Waals surface area contributed by atoms with Crippen LogP contribution in [0.1, 0.15) is 32.6 Å². The molecule has 1 aromatic rings. The van der Waals surface area contributed by atoms with Crippen molar-refractivity contribution in [1.82, 2.24) is 4.90 Å². The third-order valence-corrected chi connectivity index (χ3v) is 4.66. The molecule has 0 N–H and O–H groups in total. The maximum atomic E-state index is 12.9. The molecule has 0 radical (unpaired) electrons. The highest BCUT2D eigenvalue weighted by Gasteiger charge is 2.37. The van der Waals surface area contributed by atoms with Crippen LogP contribution < -0.4 is 4.90 Å². The quantitative estimate of drug-likeness (QED) is 0.858. The number of rotatable bonds is 4. The number of anilines is 1. The molecular weight excluding hydrogens is 276 g/mol. The standard InChI is InChI=1S/C18H24N2O2/c1-2-20(16-8-4-3-5-9-16)18(22)15-7-6-12-19(13-15)17(21)14-10-11-14/h3-5,8-9,14-15H,2,6-7,10-13H2,1H3/t15-/m0/s1. The van der Waals surface area contributed by atoms with E-state index in [1.807, 2.05) is 47.1 Å². The topological polar surface area (TPSA) is 40.6 Å². The average molecular weight is 300 g/mol. The zero-order valence-electron chi connectivity index (χ0n) is 13.2. The minimum absolute atomic E-state index is 0.0587. The fraction of sp³-hybridized carbons (Fsp3) is 0.556. The van der Waals surface area contributed by atoms with Gasteiger partial charge in [0, 0.05) is 31.2 Å². The van der Waals surface area contributed by atoms with Crippen molar-refractivity contribution in [2.45, 2.75) is 32.6 Å². The van der Waals surface area contributed by atoms with Crippen molar-refractivity contribution in [1.29, 1.82) is 0 Å². The molecule has 1 aliphatic carbocycles. The number of hydrogen-bond donors (Lipinski definition) is 0. The van der Waals surface area contributed by atoms with Gasteiger partial charge in [-0.05, 0) is 44.7 Å². The van der Waals surface area contributed by atoms with E-state index in [0.29, 0.717) is 13.1 Å². The molecule has 0 aromatic heterocycles. The van der Waals surface area contributed by atoms with Crippen LogP contribution in [0, 0.1) is 11.8 Å². The van der Waals surface area contributed by atoms with E-state index in [9.17, 15) is 9.59 Å². The number of benzene rings is 1. The van der Waals surface area contributed by atoms with Gasteiger partial charge in [-0.1, -0.05) is 18.2 Å². The number of nitrogens with zero attached hydrogens (tertiary/aromatic N) is 2. The van der Waals surface area contributed by atoms with Crippen molar-refractivity contribution in [2.75, 3.05) is 24.5 Å². The SMILES string of the molecule is CCN(C(=O)[C@H]1CCCN(C(=O)C2CC2)C1)c1ccccc1. The number of carbonyl (C=O) groups excluding carboxylic acids is 2. The molecule has 1 aliphatic heterocycles. The third kappa shape index (κ3) is 3.16. The lowest BCUT2D eigenvalue weighted by Crippen LogP contribution is -2.47. The van der Waals surface area contributed by atoms with E-state index in [1.54, 1.807) is 0 Å². The van der Waals surface area contributed by atoms with Gasteiger partial charge < -0.3 is 9.80 Å². The second-order valence-electron chi connectivity index (χ2n) is 6.32. The van der Waals surface area contributed by atoms with Crippen LogP contribution in [0.3, 0.4) is 0 Å². The molecule has 0 spiro atoms. The first-order valence-corrected chi connectivity index (χ1v) is 8.36. The van der Waals surface area contributed by atoms with Gasteiger partial charge >= 0.3 is 0 Å². The Morgan fingerprint density at radius 1 is 1.14 bits per heavy atom. The average Bonchev–Trinajstić information content (AvgIpc) is 3.41. The van der Waals surface area contributed by atoms with Gasteiger partial charge in [0.05, 0.1) is 5.92 Å². The normalized spacial score (nSPS) is 21.5. The van der Waals surface area contributed by atoms with Gasteiger partial charge in [-0.15, -0.1) is 0 Å². The van der Waals surface area contributed by atoms with Crippen molar-refractivity contribution >= 4 is 17.5 Å². The Labute approximate surface area is 132 Å². The van der Waals surface area contributed by atoms with Gasteiger partial charge in [0.15, 0.2) is 0 Å². The van der Waals surface area contributed by atoms with Gasteiger partial charge in [0.2, 0.25) is 11.8 Å². The summed E-state index contributed by atoms with van der Waals surface area (Å²) in [6.45, 7) is 4.07. The second kappa shape index (κ2) is 6.51.